The van der Waals surface area contributed by atoms with Gasteiger partial charge in [-0.2, -0.15) is 0 Å². The number of ether oxygens (including phenoxy) is 1. The van der Waals surface area contributed by atoms with Gasteiger partial charge in [0.2, 0.25) is 0 Å². The van der Waals surface area contributed by atoms with Crippen LogP contribution in [-0.2, 0) is 9.59 Å². The minimum absolute atomic E-state index is 0.824. The summed E-state index contributed by atoms with van der Waals surface area (Å²) in [5.74, 6) is -2.67. The first-order chi connectivity index (χ1) is 15.1. The Balaban J connectivity index is 0.000000501. The lowest BCUT2D eigenvalue weighted by Gasteiger charge is -2.19. The van der Waals surface area contributed by atoms with Crippen LogP contribution in [-0.4, -0.2) is 53.3 Å². The molecular formula is C25H33NO5. The Morgan fingerprint density at radius 3 is 1.90 bits per heavy atom. The van der Waals surface area contributed by atoms with Crippen LogP contribution in [0.25, 0.3) is 11.1 Å². The van der Waals surface area contributed by atoms with Gasteiger partial charge in [-0.05, 0) is 75.0 Å². The van der Waals surface area contributed by atoms with Gasteiger partial charge in [0.25, 0.3) is 0 Å². The lowest BCUT2D eigenvalue weighted by Crippen LogP contribution is -2.25. The molecule has 1 aliphatic rings. The van der Waals surface area contributed by atoms with E-state index in [1.807, 2.05) is 6.07 Å². The minimum Gasteiger partial charge on any atom is -0.494 e. The molecule has 0 unspecified atom stereocenters. The summed E-state index contributed by atoms with van der Waals surface area (Å²) in [7, 11) is 0. The topological polar surface area (TPSA) is 87.1 Å². The van der Waals surface area contributed by atoms with E-state index in [4.69, 9.17) is 24.5 Å². The Labute approximate surface area is 184 Å². The molecule has 2 N–H and O–H groups in total. The van der Waals surface area contributed by atoms with Crippen molar-refractivity contribution in [2.24, 2.45) is 0 Å². The number of hydrogen-bond donors (Lipinski definition) is 2. The SMILES string of the molecule is O=C(O)C(=O)O.c1ccc(-c2ccc(OCCCCCN3CCCCCC3)cc2)cc1. The van der Waals surface area contributed by atoms with Gasteiger partial charge in [0, 0.05) is 0 Å². The van der Waals surface area contributed by atoms with Crippen molar-refractivity contribution in [3.05, 3.63) is 54.6 Å². The number of carboxylic acid groups (broad SMARTS) is 2. The molecule has 1 fully saturated rings. The number of benzene rings is 2. The minimum atomic E-state index is -1.82. The molecule has 168 valence electrons. The van der Waals surface area contributed by atoms with E-state index in [0.717, 1.165) is 18.8 Å². The molecule has 0 atom stereocenters. The number of carboxylic acids is 2. The first-order valence-corrected chi connectivity index (χ1v) is 11.0. The molecule has 0 spiro atoms. The predicted molar refractivity (Wildman–Crippen MR) is 121 cm³/mol. The summed E-state index contributed by atoms with van der Waals surface area (Å²) in [6, 6.07) is 18.9. The highest BCUT2D eigenvalue weighted by Gasteiger charge is 2.08. The van der Waals surface area contributed by atoms with E-state index >= 15 is 0 Å². The summed E-state index contributed by atoms with van der Waals surface area (Å²) in [6.07, 6.45) is 9.34. The Hall–Kier alpha value is -2.86. The van der Waals surface area contributed by atoms with Crippen LogP contribution in [0, 0.1) is 0 Å². The summed E-state index contributed by atoms with van der Waals surface area (Å²) >= 11 is 0. The molecule has 0 bridgehead atoms. The van der Waals surface area contributed by atoms with Crippen LogP contribution in [0.5, 0.6) is 5.75 Å². The van der Waals surface area contributed by atoms with E-state index in [1.54, 1.807) is 0 Å². The van der Waals surface area contributed by atoms with E-state index in [1.165, 1.54) is 69.3 Å². The molecule has 2 aromatic carbocycles. The van der Waals surface area contributed by atoms with E-state index in [2.05, 4.69) is 53.4 Å². The Morgan fingerprint density at radius 1 is 0.742 bits per heavy atom. The van der Waals surface area contributed by atoms with Crippen LogP contribution in [0.2, 0.25) is 0 Å². The van der Waals surface area contributed by atoms with E-state index in [0.29, 0.717) is 0 Å². The molecule has 0 radical (unpaired) electrons. The second kappa shape index (κ2) is 14.2. The van der Waals surface area contributed by atoms with Gasteiger partial charge in [-0.25, -0.2) is 9.59 Å². The van der Waals surface area contributed by atoms with Crippen LogP contribution in [0.1, 0.15) is 44.9 Å². The first-order valence-electron chi connectivity index (χ1n) is 11.0. The number of aliphatic carboxylic acids is 2. The number of nitrogens with zero attached hydrogens (tertiary/aromatic N) is 1. The molecule has 0 amide bonds. The van der Waals surface area contributed by atoms with Crippen molar-refractivity contribution in [3.8, 4) is 16.9 Å². The van der Waals surface area contributed by atoms with Gasteiger partial charge >= 0.3 is 11.9 Å². The standard InChI is InChI=1S/C23H31NO.C2H2O4/c1-2-8-18-24(17-7-1)19-9-4-10-20-25-23-15-13-22(14-16-23)21-11-5-3-6-12-21;3-1(4)2(5)6/h3,5-6,11-16H,1-2,4,7-10,17-20H2;(H,3,4)(H,5,6). The fourth-order valence-corrected chi connectivity index (χ4v) is 3.54. The third-order valence-electron chi connectivity index (χ3n) is 5.23. The van der Waals surface area contributed by atoms with Crippen LogP contribution in [0.15, 0.2) is 54.6 Å². The highest BCUT2D eigenvalue weighted by molar-refractivity contribution is 6.27. The van der Waals surface area contributed by atoms with Gasteiger partial charge < -0.3 is 19.8 Å². The lowest BCUT2D eigenvalue weighted by molar-refractivity contribution is -0.159. The Kier molecular flexibility index (Phi) is 11.2. The van der Waals surface area contributed by atoms with Crippen LogP contribution >= 0.6 is 0 Å². The molecule has 6 heteroatoms. The van der Waals surface area contributed by atoms with E-state index in [9.17, 15) is 0 Å². The van der Waals surface area contributed by atoms with Crippen molar-refractivity contribution in [1.82, 2.24) is 4.90 Å². The fourth-order valence-electron chi connectivity index (χ4n) is 3.54. The zero-order chi connectivity index (χ0) is 22.3. The molecule has 0 aromatic heterocycles. The maximum atomic E-state index is 9.10. The molecule has 0 aliphatic carbocycles. The maximum Gasteiger partial charge on any atom is 0.414 e. The van der Waals surface area contributed by atoms with Crippen molar-refractivity contribution in [2.75, 3.05) is 26.2 Å². The number of likely N-dealkylation sites (tertiary alicyclic amines) is 1. The fraction of sp³-hybridized carbons (Fsp3) is 0.440. The third kappa shape index (κ3) is 10.1. The predicted octanol–water partition coefficient (Wildman–Crippen LogP) is 4.93. The van der Waals surface area contributed by atoms with Crippen LogP contribution < -0.4 is 4.74 Å². The van der Waals surface area contributed by atoms with Crippen molar-refractivity contribution in [2.45, 2.75) is 44.9 Å². The number of rotatable bonds is 8. The molecule has 1 saturated heterocycles. The normalized spacial score (nSPS) is 14.1. The molecular weight excluding hydrogens is 394 g/mol. The molecule has 2 aromatic rings. The zero-order valence-corrected chi connectivity index (χ0v) is 18.0. The quantitative estimate of drug-likeness (QED) is 0.459. The first kappa shape index (κ1) is 24.4. The second-order valence-electron chi connectivity index (χ2n) is 7.67. The average Bonchev–Trinajstić information content (AvgIpc) is 3.06. The van der Waals surface area contributed by atoms with Crippen LogP contribution in [0.3, 0.4) is 0 Å². The summed E-state index contributed by atoms with van der Waals surface area (Å²) in [6.45, 7) is 4.71. The molecule has 1 heterocycles. The Morgan fingerprint density at radius 2 is 1.32 bits per heavy atom. The third-order valence-corrected chi connectivity index (χ3v) is 5.23. The zero-order valence-electron chi connectivity index (χ0n) is 18.0. The highest BCUT2D eigenvalue weighted by Crippen LogP contribution is 2.22. The summed E-state index contributed by atoms with van der Waals surface area (Å²) < 4.78 is 5.90. The molecule has 6 nitrogen and oxygen atoms in total. The average molecular weight is 428 g/mol. The number of hydrogen-bond acceptors (Lipinski definition) is 4. The highest BCUT2D eigenvalue weighted by atomic mass is 16.5. The van der Waals surface area contributed by atoms with Crippen molar-refractivity contribution in [3.63, 3.8) is 0 Å². The van der Waals surface area contributed by atoms with Crippen LogP contribution in [0.4, 0.5) is 0 Å². The van der Waals surface area contributed by atoms with Crippen molar-refractivity contribution >= 4 is 11.9 Å². The van der Waals surface area contributed by atoms with Gasteiger partial charge in [0.15, 0.2) is 0 Å². The largest absolute Gasteiger partial charge is 0.494 e. The number of unbranched alkanes of at least 4 members (excludes halogenated alkanes) is 2. The molecule has 31 heavy (non-hydrogen) atoms. The number of carbonyl (C=O) groups is 2. The van der Waals surface area contributed by atoms with Gasteiger partial charge in [-0.15, -0.1) is 0 Å². The summed E-state index contributed by atoms with van der Waals surface area (Å²) in [5, 5.41) is 14.8. The molecule has 3 rings (SSSR count). The molecule has 0 saturated carbocycles. The van der Waals surface area contributed by atoms with E-state index < -0.39 is 11.9 Å². The summed E-state index contributed by atoms with van der Waals surface area (Å²) in [4.78, 5) is 20.8. The van der Waals surface area contributed by atoms with Gasteiger partial charge in [-0.3, -0.25) is 0 Å². The van der Waals surface area contributed by atoms with Crippen molar-refractivity contribution in [1.29, 1.82) is 0 Å². The smallest absolute Gasteiger partial charge is 0.414 e. The van der Waals surface area contributed by atoms with Crippen molar-refractivity contribution < 1.29 is 24.5 Å². The maximum absolute atomic E-state index is 9.10. The Bertz CT molecular complexity index is 756. The van der Waals surface area contributed by atoms with Gasteiger partial charge in [-0.1, -0.05) is 55.3 Å². The van der Waals surface area contributed by atoms with Gasteiger partial charge in [0.1, 0.15) is 5.75 Å². The lowest BCUT2D eigenvalue weighted by atomic mass is 10.1. The molecule has 1 aliphatic heterocycles. The van der Waals surface area contributed by atoms with Gasteiger partial charge in [0.05, 0.1) is 6.61 Å². The summed E-state index contributed by atoms with van der Waals surface area (Å²) in [5.41, 5.74) is 2.49. The monoisotopic (exact) mass is 427 g/mol. The van der Waals surface area contributed by atoms with E-state index in [-0.39, 0.29) is 0 Å². The second-order valence-corrected chi connectivity index (χ2v) is 7.67.